The maximum absolute atomic E-state index is 10.8. The van der Waals surface area contributed by atoms with Crippen molar-refractivity contribution < 1.29 is 15.3 Å². The van der Waals surface area contributed by atoms with Gasteiger partial charge in [-0.2, -0.15) is 0 Å². The van der Waals surface area contributed by atoms with Crippen LogP contribution in [-0.2, 0) is 0 Å². The number of rotatable bonds is 8. The van der Waals surface area contributed by atoms with Gasteiger partial charge in [-0.1, -0.05) is 54.2 Å². The van der Waals surface area contributed by atoms with Crippen LogP contribution in [0.5, 0.6) is 0 Å². The molecule has 3 aromatic rings. The number of benzene rings is 1. The molecule has 2 heterocycles. The number of thioether (sulfide) groups is 1. The summed E-state index contributed by atoms with van der Waals surface area (Å²) in [5.74, 6) is 1.46. The van der Waals surface area contributed by atoms with Crippen LogP contribution in [0, 0.1) is 5.92 Å². The molecule has 10 heteroatoms. The van der Waals surface area contributed by atoms with Crippen LogP contribution in [-0.4, -0.2) is 69.9 Å². The first-order valence-electron chi connectivity index (χ1n) is 11.9. The van der Waals surface area contributed by atoms with Crippen LogP contribution >= 0.6 is 11.8 Å². The highest BCUT2D eigenvalue weighted by Crippen LogP contribution is 2.44. The van der Waals surface area contributed by atoms with Crippen molar-refractivity contribution in [2.24, 2.45) is 5.92 Å². The van der Waals surface area contributed by atoms with Crippen molar-refractivity contribution in [2.75, 3.05) is 11.1 Å². The summed E-state index contributed by atoms with van der Waals surface area (Å²) in [4.78, 5) is 9.47. The lowest BCUT2D eigenvalue weighted by Crippen LogP contribution is -2.39. The van der Waals surface area contributed by atoms with Gasteiger partial charge in [0.2, 0.25) is 0 Å². The van der Waals surface area contributed by atoms with Gasteiger partial charge in [0, 0.05) is 23.6 Å². The molecule has 0 saturated heterocycles. The van der Waals surface area contributed by atoms with Crippen LogP contribution in [0.3, 0.4) is 0 Å². The van der Waals surface area contributed by atoms with Crippen LogP contribution in [0.15, 0.2) is 35.5 Å². The molecule has 182 valence electrons. The van der Waals surface area contributed by atoms with Crippen molar-refractivity contribution in [1.29, 1.82) is 0 Å². The Morgan fingerprint density at radius 3 is 2.56 bits per heavy atom. The van der Waals surface area contributed by atoms with E-state index < -0.39 is 29.8 Å². The summed E-state index contributed by atoms with van der Waals surface area (Å²) in [6.45, 7) is 5.41. The second-order valence-corrected chi connectivity index (χ2v) is 11.0. The Morgan fingerprint density at radius 2 is 1.88 bits per heavy atom. The number of nitrogens with one attached hydrogen (secondary N) is 1. The zero-order chi connectivity index (χ0) is 24.0. The van der Waals surface area contributed by atoms with E-state index in [1.807, 2.05) is 6.07 Å². The quantitative estimate of drug-likeness (QED) is 0.282. The Morgan fingerprint density at radius 1 is 1.12 bits per heavy atom. The average Bonchev–Trinajstić information content (AvgIpc) is 3.34. The molecule has 9 nitrogen and oxygen atoms in total. The summed E-state index contributed by atoms with van der Waals surface area (Å²) < 4.78 is 1.60. The van der Waals surface area contributed by atoms with E-state index in [0.717, 1.165) is 18.6 Å². The SMILES string of the molecule is CCCSc1nc(NC2CC2c2ccccc2)c2nnn(C3CC(C(C)(C)O)C(O)C3O)c2n1. The van der Waals surface area contributed by atoms with Crippen LogP contribution in [0.4, 0.5) is 5.82 Å². The molecule has 2 saturated carbocycles. The first kappa shape index (κ1) is 23.5. The van der Waals surface area contributed by atoms with E-state index in [4.69, 9.17) is 9.97 Å². The average molecular weight is 485 g/mol. The van der Waals surface area contributed by atoms with Crippen molar-refractivity contribution >= 4 is 28.7 Å². The van der Waals surface area contributed by atoms with Gasteiger partial charge in [-0.3, -0.25) is 0 Å². The van der Waals surface area contributed by atoms with Gasteiger partial charge >= 0.3 is 0 Å². The van der Waals surface area contributed by atoms with Crippen molar-refractivity contribution in [3.63, 3.8) is 0 Å². The van der Waals surface area contributed by atoms with E-state index >= 15 is 0 Å². The third kappa shape index (κ3) is 4.39. The number of hydrogen-bond acceptors (Lipinski definition) is 9. The number of hydrogen-bond donors (Lipinski definition) is 4. The van der Waals surface area contributed by atoms with Gasteiger partial charge < -0.3 is 20.6 Å². The molecule has 0 amide bonds. The van der Waals surface area contributed by atoms with Gasteiger partial charge in [0.1, 0.15) is 6.10 Å². The first-order valence-corrected chi connectivity index (χ1v) is 12.9. The second kappa shape index (κ2) is 9.07. The van der Waals surface area contributed by atoms with Gasteiger partial charge in [-0.15, -0.1) is 5.10 Å². The lowest BCUT2D eigenvalue weighted by molar-refractivity contribution is -0.0617. The maximum atomic E-state index is 10.8. The Labute approximate surface area is 203 Å². The lowest BCUT2D eigenvalue weighted by atomic mass is 9.88. The second-order valence-electron chi connectivity index (χ2n) is 9.96. The van der Waals surface area contributed by atoms with Crippen LogP contribution < -0.4 is 5.32 Å². The molecule has 2 fully saturated rings. The van der Waals surface area contributed by atoms with E-state index in [0.29, 0.717) is 34.5 Å². The standard InChI is InChI=1S/C24H32N6O3S/c1-4-10-34-23-26-21(25-16-11-14(16)13-8-6-5-7-9-13)18-22(27-23)30(29-28-18)17-12-15(24(2,3)33)19(31)20(17)32/h5-9,14-17,19-20,31-33H,4,10-12H2,1-3H3,(H,25,26,27). The molecule has 0 aliphatic heterocycles. The number of nitrogens with zero attached hydrogens (tertiary/aromatic N) is 5. The molecule has 34 heavy (non-hydrogen) atoms. The molecule has 5 rings (SSSR count). The summed E-state index contributed by atoms with van der Waals surface area (Å²) in [5.41, 5.74) is 1.25. The van der Waals surface area contributed by atoms with Gasteiger partial charge in [-0.25, -0.2) is 14.6 Å². The van der Waals surface area contributed by atoms with Crippen molar-refractivity contribution in [2.45, 2.75) is 81.0 Å². The summed E-state index contributed by atoms with van der Waals surface area (Å²) in [7, 11) is 0. The van der Waals surface area contributed by atoms with Crippen molar-refractivity contribution in [3.05, 3.63) is 35.9 Å². The van der Waals surface area contributed by atoms with E-state index in [-0.39, 0.29) is 6.04 Å². The third-order valence-electron chi connectivity index (χ3n) is 6.95. The van der Waals surface area contributed by atoms with Crippen molar-refractivity contribution in [3.8, 4) is 0 Å². The highest BCUT2D eigenvalue weighted by molar-refractivity contribution is 7.99. The van der Waals surface area contributed by atoms with Gasteiger partial charge in [0.25, 0.3) is 0 Å². The number of aliphatic hydroxyl groups excluding tert-OH is 2. The summed E-state index contributed by atoms with van der Waals surface area (Å²) >= 11 is 1.57. The molecule has 0 radical (unpaired) electrons. The molecule has 0 bridgehead atoms. The van der Waals surface area contributed by atoms with Gasteiger partial charge in [-0.05, 0) is 38.7 Å². The predicted molar refractivity (Wildman–Crippen MR) is 131 cm³/mol. The molecule has 0 spiro atoms. The zero-order valence-corrected chi connectivity index (χ0v) is 20.5. The minimum Gasteiger partial charge on any atom is -0.390 e. The zero-order valence-electron chi connectivity index (χ0n) is 19.7. The Bertz CT molecular complexity index is 1150. The molecule has 6 unspecified atom stereocenters. The Hall–Kier alpha value is -2.27. The van der Waals surface area contributed by atoms with E-state index in [1.54, 1.807) is 30.3 Å². The molecule has 6 atom stereocenters. The topological polar surface area (TPSA) is 129 Å². The highest BCUT2D eigenvalue weighted by Gasteiger charge is 2.49. The van der Waals surface area contributed by atoms with Crippen LogP contribution in [0.2, 0.25) is 0 Å². The molecule has 2 aromatic heterocycles. The minimum atomic E-state index is -1.13. The predicted octanol–water partition coefficient (Wildman–Crippen LogP) is 2.75. The van der Waals surface area contributed by atoms with E-state index in [1.165, 1.54) is 5.56 Å². The maximum Gasteiger partial charge on any atom is 0.191 e. The van der Waals surface area contributed by atoms with Crippen LogP contribution in [0.1, 0.15) is 57.6 Å². The van der Waals surface area contributed by atoms with E-state index in [9.17, 15) is 15.3 Å². The molecular weight excluding hydrogens is 452 g/mol. The summed E-state index contributed by atoms with van der Waals surface area (Å²) in [6.07, 6.45) is 0.238. The summed E-state index contributed by atoms with van der Waals surface area (Å²) in [5, 5.41) is 44.8. The third-order valence-corrected chi connectivity index (χ3v) is 8.01. The number of fused-ring (bicyclic) bond motifs is 1. The Balaban J connectivity index is 1.47. The fraction of sp³-hybridized carbons (Fsp3) is 0.583. The molecular formula is C24H32N6O3S. The van der Waals surface area contributed by atoms with Crippen LogP contribution in [0.25, 0.3) is 11.2 Å². The van der Waals surface area contributed by atoms with Gasteiger partial charge in [0.05, 0.1) is 17.7 Å². The number of aromatic nitrogens is 5. The van der Waals surface area contributed by atoms with Gasteiger partial charge in [0.15, 0.2) is 22.1 Å². The largest absolute Gasteiger partial charge is 0.390 e. The number of anilines is 1. The monoisotopic (exact) mass is 484 g/mol. The lowest BCUT2D eigenvalue weighted by Gasteiger charge is -2.28. The number of aliphatic hydroxyl groups is 3. The molecule has 2 aliphatic carbocycles. The highest BCUT2D eigenvalue weighted by atomic mass is 32.2. The molecule has 1 aromatic carbocycles. The summed E-state index contributed by atoms with van der Waals surface area (Å²) in [6, 6.07) is 10.1. The minimum absolute atomic E-state index is 0.258. The first-order chi connectivity index (χ1) is 16.3. The smallest absolute Gasteiger partial charge is 0.191 e. The normalized spacial score (nSPS) is 29.0. The fourth-order valence-electron chi connectivity index (χ4n) is 4.95. The molecule has 4 N–H and O–H groups in total. The van der Waals surface area contributed by atoms with E-state index in [2.05, 4.69) is 46.8 Å². The molecule has 2 aliphatic rings. The van der Waals surface area contributed by atoms with Crippen molar-refractivity contribution in [1.82, 2.24) is 25.0 Å². The fourth-order valence-corrected chi connectivity index (χ4v) is 5.64. The Kier molecular flexibility index (Phi) is 6.26.